The number of rotatable bonds is 7. The third-order valence-electron chi connectivity index (χ3n) is 4.66. The number of fused-ring (bicyclic) bond motifs is 1. The van der Waals surface area contributed by atoms with Crippen molar-refractivity contribution in [3.8, 4) is 17.2 Å². The lowest BCUT2D eigenvalue weighted by Crippen LogP contribution is -2.12. The first-order chi connectivity index (χ1) is 15.6. The van der Waals surface area contributed by atoms with Crippen LogP contribution in [0.3, 0.4) is 0 Å². The molecule has 1 aliphatic rings. The van der Waals surface area contributed by atoms with Crippen LogP contribution in [0.1, 0.15) is 21.9 Å². The molecule has 0 unspecified atom stereocenters. The van der Waals surface area contributed by atoms with Gasteiger partial charge in [-0.25, -0.2) is 9.67 Å². The van der Waals surface area contributed by atoms with E-state index in [9.17, 15) is 4.79 Å². The Bertz CT molecular complexity index is 1270. The number of hydrogen-bond acceptors (Lipinski definition) is 7. The van der Waals surface area contributed by atoms with Crippen LogP contribution in [0.4, 0.5) is 5.95 Å². The van der Waals surface area contributed by atoms with E-state index in [1.807, 2.05) is 18.2 Å². The SMILES string of the molecule is O=C(Nc1ncn(Cc2ccccc2Cl)n1)c1ccc(COc2ccc3c(c2)OCO3)o1. The van der Waals surface area contributed by atoms with E-state index >= 15 is 0 Å². The number of carbonyl (C=O) groups is 1. The van der Waals surface area contributed by atoms with Gasteiger partial charge in [-0.3, -0.25) is 10.1 Å². The average Bonchev–Trinajstić information content (AvgIpc) is 3.54. The highest BCUT2D eigenvalue weighted by molar-refractivity contribution is 6.31. The molecule has 1 aliphatic heterocycles. The van der Waals surface area contributed by atoms with E-state index in [1.54, 1.807) is 41.1 Å². The minimum absolute atomic E-state index is 0.122. The van der Waals surface area contributed by atoms with Crippen LogP contribution in [0, 0.1) is 0 Å². The Hall–Kier alpha value is -3.98. The molecule has 0 radical (unpaired) electrons. The average molecular weight is 453 g/mol. The lowest BCUT2D eigenvalue weighted by molar-refractivity contribution is 0.0991. The highest BCUT2D eigenvalue weighted by Gasteiger charge is 2.16. The number of halogens is 1. The van der Waals surface area contributed by atoms with Gasteiger partial charge in [0.2, 0.25) is 12.7 Å². The number of amides is 1. The molecule has 32 heavy (non-hydrogen) atoms. The van der Waals surface area contributed by atoms with Crippen molar-refractivity contribution >= 4 is 23.5 Å². The molecule has 5 rings (SSSR count). The minimum atomic E-state index is -0.463. The van der Waals surface area contributed by atoms with Crippen molar-refractivity contribution in [2.75, 3.05) is 12.1 Å². The molecular formula is C22H17ClN4O5. The summed E-state index contributed by atoms with van der Waals surface area (Å²) < 4.78 is 23.5. The first kappa shape index (κ1) is 20.0. The molecule has 162 valence electrons. The second-order valence-electron chi connectivity index (χ2n) is 6.88. The Kier molecular flexibility index (Phi) is 5.39. The first-order valence-electron chi connectivity index (χ1n) is 9.69. The first-order valence-corrected chi connectivity index (χ1v) is 10.1. The Morgan fingerprint density at radius 1 is 1.12 bits per heavy atom. The third kappa shape index (κ3) is 4.37. The van der Waals surface area contributed by atoms with Gasteiger partial charge in [-0.1, -0.05) is 29.8 Å². The number of ether oxygens (including phenoxy) is 3. The van der Waals surface area contributed by atoms with Crippen molar-refractivity contribution < 1.29 is 23.4 Å². The van der Waals surface area contributed by atoms with E-state index in [2.05, 4.69) is 15.4 Å². The number of benzene rings is 2. The van der Waals surface area contributed by atoms with E-state index in [1.165, 1.54) is 6.33 Å². The molecule has 2 aromatic carbocycles. The summed E-state index contributed by atoms with van der Waals surface area (Å²) in [5.74, 6) is 2.22. The normalized spacial score (nSPS) is 12.0. The quantitative estimate of drug-likeness (QED) is 0.450. The predicted molar refractivity (Wildman–Crippen MR) is 114 cm³/mol. The highest BCUT2D eigenvalue weighted by atomic mass is 35.5. The van der Waals surface area contributed by atoms with E-state index in [4.69, 9.17) is 30.2 Å². The Morgan fingerprint density at radius 3 is 2.91 bits per heavy atom. The van der Waals surface area contributed by atoms with Crippen molar-refractivity contribution in [3.05, 3.63) is 83.0 Å². The zero-order valence-electron chi connectivity index (χ0n) is 16.7. The van der Waals surface area contributed by atoms with Crippen LogP contribution < -0.4 is 19.5 Å². The zero-order valence-corrected chi connectivity index (χ0v) is 17.4. The molecule has 0 bridgehead atoms. The Balaban J connectivity index is 1.17. The fraction of sp³-hybridized carbons (Fsp3) is 0.136. The predicted octanol–water partition coefficient (Wildman–Crippen LogP) is 4.13. The van der Waals surface area contributed by atoms with Crippen LogP contribution in [0.2, 0.25) is 5.02 Å². The molecule has 0 spiro atoms. The van der Waals surface area contributed by atoms with Gasteiger partial charge in [-0.15, -0.1) is 5.10 Å². The number of nitrogens with one attached hydrogen (secondary N) is 1. The number of carbonyl (C=O) groups excluding carboxylic acids is 1. The topological polar surface area (TPSA) is 101 Å². The molecule has 0 saturated heterocycles. The maximum atomic E-state index is 12.5. The number of nitrogens with zero attached hydrogens (tertiary/aromatic N) is 3. The molecule has 1 amide bonds. The second kappa shape index (κ2) is 8.64. The third-order valence-corrected chi connectivity index (χ3v) is 5.03. The molecule has 9 nitrogen and oxygen atoms in total. The fourth-order valence-electron chi connectivity index (χ4n) is 3.09. The fourth-order valence-corrected chi connectivity index (χ4v) is 3.29. The Labute approximate surface area is 187 Å². The lowest BCUT2D eigenvalue weighted by Gasteiger charge is -2.05. The molecule has 1 N–H and O–H groups in total. The molecule has 10 heteroatoms. The molecule has 3 heterocycles. The van der Waals surface area contributed by atoms with Gasteiger partial charge in [-0.2, -0.15) is 0 Å². The molecule has 0 fully saturated rings. The van der Waals surface area contributed by atoms with Crippen LogP contribution in [-0.2, 0) is 13.2 Å². The molecular weight excluding hydrogens is 436 g/mol. The summed E-state index contributed by atoms with van der Waals surface area (Å²) in [7, 11) is 0. The highest BCUT2D eigenvalue weighted by Crippen LogP contribution is 2.35. The van der Waals surface area contributed by atoms with Crippen molar-refractivity contribution in [1.29, 1.82) is 0 Å². The summed E-state index contributed by atoms with van der Waals surface area (Å²) in [5.41, 5.74) is 0.898. The van der Waals surface area contributed by atoms with Crippen molar-refractivity contribution in [2.24, 2.45) is 0 Å². The van der Waals surface area contributed by atoms with Crippen LogP contribution in [-0.4, -0.2) is 27.5 Å². The monoisotopic (exact) mass is 452 g/mol. The summed E-state index contributed by atoms with van der Waals surface area (Å²) in [6, 6.07) is 16.0. The van der Waals surface area contributed by atoms with Gasteiger partial charge in [0.25, 0.3) is 5.91 Å². The van der Waals surface area contributed by atoms with Gasteiger partial charge in [0.1, 0.15) is 24.4 Å². The maximum absolute atomic E-state index is 12.5. The summed E-state index contributed by atoms with van der Waals surface area (Å²) >= 11 is 6.17. The van der Waals surface area contributed by atoms with E-state index in [0.29, 0.717) is 34.6 Å². The van der Waals surface area contributed by atoms with Crippen molar-refractivity contribution in [3.63, 3.8) is 0 Å². The maximum Gasteiger partial charge on any atom is 0.293 e. The molecule has 0 saturated carbocycles. The van der Waals surface area contributed by atoms with Gasteiger partial charge in [-0.05, 0) is 35.9 Å². The molecule has 2 aromatic heterocycles. The van der Waals surface area contributed by atoms with Crippen LogP contribution in [0.25, 0.3) is 0 Å². The number of furan rings is 1. The zero-order chi connectivity index (χ0) is 21.9. The smallest absolute Gasteiger partial charge is 0.293 e. The van der Waals surface area contributed by atoms with Crippen LogP contribution in [0.5, 0.6) is 17.2 Å². The van der Waals surface area contributed by atoms with Gasteiger partial charge in [0, 0.05) is 11.1 Å². The number of anilines is 1. The van der Waals surface area contributed by atoms with E-state index in [-0.39, 0.29) is 25.1 Å². The van der Waals surface area contributed by atoms with Crippen molar-refractivity contribution in [2.45, 2.75) is 13.2 Å². The summed E-state index contributed by atoms with van der Waals surface area (Å²) in [6.07, 6.45) is 1.52. The minimum Gasteiger partial charge on any atom is -0.486 e. The van der Waals surface area contributed by atoms with E-state index in [0.717, 1.165) is 5.56 Å². The number of aromatic nitrogens is 3. The Morgan fingerprint density at radius 2 is 2.00 bits per heavy atom. The number of hydrogen-bond donors (Lipinski definition) is 1. The summed E-state index contributed by atoms with van der Waals surface area (Å²) in [6.45, 7) is 0.783. The van der Waals surface area contributed by atoms with Gasteiger partial charge >= 0.3 is 0 Å². The van der Waals surface area contributed by atoms with Gasteiger partial charge in [0.05, 0.1) is 6.54 Å². The second-order valence-corrected chi connectivity index (χ2v) is 7.29. The standard InChI is InChI=1S/C22H17ClN4O5/c23-17-4-2-1-3-14(17)10-27-12-24-22(26-27)25-21(28)19-8-6-16(32-19)11-29-15-5-7-18-20(9-15)31-13-30-18/h1-9,12H,10-11,13H2,(H,25,26,28). The molecule has 0 aliphatic carbocycles. The van der Waals surface area contributed by atoms with Crippen LogP contribution in [0.15, 0.2) is 65.3 Å². The summed E-state index contributed by atoms with van der Waals surface area (Å²) in [4.78, 5) is 16.6. The van der Waals surface area contributed by atoms with Gasteiger partial charge < -0.3 is 18.6 Å². The lowest BCUT2D eigenvalue weighted by atomic mass is 10.2. The molecule has 4 aromatic rings. The largest absolute Gasteiger partial charge is 0.486 e. The van der Waals surface area contributed by atoms with Gasteiger partial charge in [0.15, 0.2) is 17.3 Å². The summed E-state index contributed by atoms with van der Waals surface area (Å²) in [5, 5.41) is 7.50. The van der Waals surface area contributed by atoms with E-state index < -0.39 is 5.91 Å². The molecule has 0 atom stereocenters. The van der Waals surface area contributed by atoms with Crippen molar-refractivity contribution in [1.82, 2.24) is 14.8 Å². The van der Waals surface area contributed by atoms with Crippen LogP contribution >= 0.6 is 11.6 Å².